The van der Waals surface area contributed by atoms with Crippen LogP contribution in [0.4, 0.5) is 0 Å². The van der Waals surface area contributed by atoms with E-state index in [4.69, 9.17) is 9.97 Å². The van der Waals surface area contributed by atoms with E-state index >= 15 is 0 Å². The zero-order valence-corrected chi connectivity index (χ0v) is 26.7. The summed E-state index contributed by atoms with van der Waals surface area (Å²) in [6.07, 6.45) is 0. The number of benzene rings is 7. The largest absolute Gasteiger partial charge is 0.309 e. The number of para-hydroxylation sites is 2. The van der Waals surface area contributed by atoms with Crippen LogP contribution in [0.5, 0.6) is 0 Å². The molecule has 0 spiro atoms. The molecule has 9 aromatic rings. The first-order valence-corrected chi connectivity index (χ1v) is 16.6. The second-order valence-electron chi connectivity index (χ2n) is 12.2. The van der Waals surface area contributed by atoms with Crippen LogP contribution in [0.3, 0.4) is 0 Å². The highest BCUT2D eigenvalue weighted by Crippen LogP contribution is 2.37. The summed E-state index contributed by atoms with van der Waals surface area (Å²) < 4.78 is 2.37. The number of nitrogens with zero attached hydrogens (tertiary/aromatic N) is 3. The van der Waals surface area contributed by atoms with Crippen LogP contribution in [0.15, 0.2) is 188 Å². The van der Waals surface area contributed by atoms with Gasteiger partial charge < -0.3 is 4.57 Å². The van der Waals surface area contributed by atoms with Gasteiger partial charge in [0.25, 0.3) is 0 Å². The summed E-state index contributed by atoms with van der Waals surface area (Å²) in [5.41, 5.74) is 13.0. The molecule has 0 amide bonds. The Balaban J connectivity index is 1.18. The fourth-order valence-corrected chi connectivity index (χ4v) is 6.88. The van der Waals surface area contributed by atoms with Crippen LogP contribution in [0.2, 0.25) is 0 Å². The van der Waals surface area contributed by atoms with Crippen molar-refractivity contribution >= 4 is 21.8 Å². The summed E-state index contributed by atoms with van der Waals surface area (Å²) in [5, 5.41) is 2.50. The number of hydrogen-bond donors (Lipinski definition) is 0. The topological polar surface area (TPSA) is 30.7 Å². The summed E-state index contributed by atoms with van der Waals surface area (Å²) in [7, 11) is 0. The molecule has 2 aromatic heterocycles. The van der Waals surface area contributed by atoms with Crippen molar-refractivity contribution in [2.24, 2.45) is 0 Å². The highest BCUT2D eigenvalue weighted by Gasteiger charge is 2.16. The number of fused-ring (bicyclic) bond motifs is 3. The van der Waals surface area contributed by atoms with Crippen LogP contribution < -0.4 is 0 Å². The van der Waals surface area contributed by atoms with Gasteiger partial charge in [-0.3, -0.25) is 0 Å². The van der Waals surface area contributed by atoms with Crippen LogP contribution in [-0.2, 0) is 0 Å². The molecule has 7 aromatic carbocycles. The molecule has 0 saturated heterocycles. The van der Waals surface area contributed by atoms with Crippen molar-refractivity contribution in [3.8, 4) is 61.8 Å². The lowest BCUT2D eigenvalue weighted by molar-refractivity contribution is 1.18. The molecule has 0 atom stereocenters. The van der Waals surface area contributed by atoms with E-state index in [1.165, 1.54) is 32.9 Å². The monoisotopic (exact) mass is 625 g/mol. The van der Waals surface area contributed by atoms with E-state index in [-0.39, 0.29) is 0 Å². The third-order valence-corrected chi connectivity index (χ3v) is 9.24. The molecule has 0 aliphatic carbocycles. The highest BCUT2D eigenvalue weighted by molar-refractivity contribution is 6.09. The van der Waals surface area contributed by atoms with Gasteiger partial charge in [0.15, 0.2) is 5.82 Å². The Morgan fingerprint density at radius 1 is 0.327 bits per heavy atom. The van der Waals surface area contributed by atoms with Crippen LogP contribution >= 0.6 is 0 Å². The zero-order valence-electron chi connectivity index (χ0n) is 26.7. The molecule has 0 aliphatic rings. The minimum atomic E-state index is 0.703. The molecular formula is C46H31N3. The first-order valence-electron chi connectivity index (χ1n) is 16.6. The van der Waals surface area contributed by atoms with Gasteiger partial charge in [0, 0.05) is 33.2 Å². The minimum Gasteiger partial charge on any atom is -0.309 e. The maximum atomic E-state index is 5.19. The first kappa shape index (κ1) is 28.6. The molecule has 0 unspecified atom stereocenters. The Labute approximate surface area is 285 Å². The number of aromatic nitrogens is 3. The second kappa shape index (κ2) is 12.2. The summed E-state index contributed by atoms with van der Waals surface area (Å²) >= 11 is 0. The molecular weight excluding hydrogens is 595 g/mol. The predicted octanol–water partition coefficient (Wildman–Crippen LogP) is 11.9. The van der Waals surface area contributed by atoms with Crippen molar-refractivity contribution in [1.82, 2.24) is 14.5 Å². The maximum absolute atomic E-state index is 5.19. The first-order chi connectivity index (χ1) is 24.3. The molecule has 9 rings (SSSR count). The summed E-state index contributed by atoms with van der Waals surface area (Å²) in [4.78, 5) is 10.3. The SMILES string of the molecule is c1ccc(-c2ccc(-c3cc(-c4ccccc4-c4cccc(-n5c6ccccc6c6ccccc65)c4)nc(-c4ccccc4)n3)cc2)cc1. The molecule has 3 heteroatoms. The fourth-order valence-electron chi connectivity index (χ4n) is 6.88. The molecule has 0 fully saturated rings. The predicted molar refractivity (Wildman–Crippen MR) is 204 cm³/mol. The van der Waals surface area contributed by atoms with Crippen LogP contribution in [0.1, 0.15) is 0 Å². The average molecular weight is 626 g/mol. The van der Waals surface area contributed by atoms with Gasteiger partial charge in [-0.1, -0.05) is 158 Å². The smallest absolute Gasteiger partial charge is 0.160 e. The lowest BCUT2D eigenvalue weighted by Crippen LogP contribution is -1.98. The molecule has 0 aliphatic heterocycles. The van der Waals surface area contributed by atoms with E-state index in [0.717, 1.165) is 44.9 Å². The highest BCUT2D eigenvalue weighted by atomic mass is 15.0. The number of hydrogen-bond acceptors (Lipinski definition) is 2. The van der Waals surface area contributed by atoms with E-state index in [1.54, 1.807) is 0 Å². The van der Waals surface area contributed by atoms with Crippen LogP contribution in [0, 0.1) is 0 Å². The van der Waals surface area contributed by atoms with Gasteiger partial charge in [-0.15, -0.1) is 0 Å². The van der Waals surface area contributed by atoms with Gasteiger partial charge in [0.2, 0.25) is 0 Å². The lowest BCUT2D eigenvalue weighted by atomic mass is 9.96. The van der Waals surface area contributed by atoms with Gasteiger partial charge in [0.05, 0.1) is 22.4 Å². The Hall–Kier alpha value is -6.58. The van der Waals surface area contributed by atoms with Crippen molar-refractivity contribution in [2.45, 2.75) is 0 Å². The van der Waals surface area contributed by atoms with Gasteiger partial charge >= 0.3 is 0 Å². The third-order valence-electron chi connectivity index (χ3n) is 9.24. The molecule has 0 N–H and O–H groups in total. The van der Waals surface area contributed by atoms with E-state index < -0.39 is 0 Å². The molecule has 0 saturated carbocycles. The van der Waals surface area contributed by atoms with Crippen molar-refractivity contribution in [2.75, 3.05) is 0 Å². The van der Waals surface area contributed by atoms with Crippen LogP contribution in [0.25, 0.3) is 83.6 Å². The minimum absolute atomic E-state index is 0.703. The molecule has 3 nitrogen and oxygen atoms in total. The van der Waals surface area contributed by atoms with Crippen molar-refractivity contribution in [1.29, 1.82) is 0 Å². The third kappa shape index (κ3) is 5.28. The molecule has 230 valence electrons. The van der Waals surface area contributed by atoms with Crippen molar-refractivity contribution in [3.63, 3.8) is 0 Å². The van der Waals surface area contributed by atoms with E-state index in [9.17, 15) is 0 Å². The average Bonchev–Trinajstić information content (AvgIpc) is 3.53. The van der Waals surface area contributed by atoms with E-state index in [1.807, 2.05) is 24.3 Å². The summed E-state index contributed by atoms with van der Waals surface area (Å²) in [6.45, 7) is 0. The van der Waals surface area contributed by atoms with Gasteiger partial charge in [-0.2, -0.15) is 0 Å². The second-order valence-corrected chi connectivity index (χ2v) is 12.2. The Morgan fingerprint density at radius 2 is 0.837 bits per heavy atom. The Morgan fingerprint density at radius 3 is 1.53 bits per heavy atom. The molecule has 0 radical (unpaired) electrons. The molecule has 2 heterocycles. The standard InChI is InChI=1S/C46H31N3/c1-3-14-32(15-4-1)33-26-28-34(29-27-33)42-31-43(48-46(47-42)35-16-5-2-6-17-35)39-21-8-7-20-38(39)36-18-13-19-37(30-36)49-44-24-11-9-22-40(44)41-23-10-12-25-45(41)49/h1-31H. The summed E-state index contributed by atoms with van der Waals surface area (Å²) in [6, 6.07) is 66.2. The zero-order chi connectivity index (χ0) is 32.6. The Bertz CT molecular complexity index is 2530. The van der Waals surface area contributed by atoms with Gasteiger partial charge in [0.1, 0.15) is 0 Å². The van der Waals surface area contributed by atoms with Crippen molar-refractivity contribution < 1.29 is 0 Å². The quantitative estimate of drug-likeness (QED) is 0.184. The van der Waals surface area contributed by atoms with E-state index in [2.05, 4.69) is 168 Å². The number of rotatable bonds is 6. The summed E-state index contributed by atoms with van der Waals surface area (Å²) in [5.74, 6) is 0.703. The maximum Gasteiger partial charge on any atom is 0.160 e. The molecule has 0 bridgehead atoms. The van der Waals surface area contributed by atoms with Crippen molar-refractivity contribution in [3.05, 3.63) is 188 Å². The van der Waals surface area contributed by atoms with Crippen LogP contribution in [-0.4, -0.2) is 14.5 Å². The van der Waals surface area contributed by atoms with Gasteiger partial charge in [-0.25, -0.2) is 9.97 Å². The Kier molecular flexibility index (Phi) is 7.14. The lowest BCUT2D eigenvalue weighted by Gasteiger charge is -2.15. The molecule has 49 heavy (non-hydrogen) atoms. The van der Waals surface area contributed by atoms with E-state index in [0.29, 0.717) is 5.82 Å². The fraction of sp³-hybridized carbons (Fsp3) is 0. The van der Waals surface area contributed by atoms with Gasteiger partial charge in [-0.05, 0) is 52.6 Å². The normalized spacial score (nSPS) is 11.3.